The number of carbonyl (C=O) groups excluding carboxylic acids is 1. The number of hydrogen-bond acceptors (Lipinski definition) is 2. The van der Waals surface area contributed by atoms with Crippen molar-refractivity contribution < 1.29 is 4.79 Å². The molecule has 2 aromatic rings. The standard InChI is InChI=1S/C18H26N2O/c1-2-3-4-5-6-7-8-11-16(21)14-20-15-19-17-12-9-10-13-18(17)20/h9-10,12-13,15H,2-8,11,14H2,1H3. The molecule has 0 aliphatic heterocycles. The van der Waals surface area contributed by atoms with Gasteiger partial charge in [0, 0.05) is 6.42 Å². The van der Waals surface area contributed by atoms with Gasteiger partial charge in [0.05, 0.1) is 23.9 Å². The van der Waals surface area contributed by atoms with E-state index in [0.29, 0.717) is 18.7 Å². The van der Waals surface area contributed by atoms with Crippen LogP contribution in [-0.2, 0) is 11.3 Å². The summed E-state index contributed by atoms with van der Waals surface area (Å²) in [5.41, 5.74) is 2.01. The van der Waals surface area contributed by atoms with Gasteiger partial charge in [-0.2, -0.15) is 0 Å². The van der Waals surface area contributed by atoms with Crippen LogP contribution in [-0.4, -0.2) is 15.3 Å². The number of rotatable bonds is 10. The maximum atomic E-state index is 12.0. The molecule has 0 fully saturated rings. The lowest BCUT2D eigenvalue weighted by Crippen LogP contribution is -2.08. The van der Waals surface area contributed by atoms with Crippen LogP contribution < -0.4 is 0 Å². The number of unbranched alkanes of at least 4 members (excludes halogenated alkanes) is 6. The normalized spacial score (nSPS) is 11.1. The molecule has 0 radical (unpaired) electrons. The second-order valence-corrected chi connectivity index (χ2v) is 5.77. The van der Waals surface area contributed by atoms with Crippen molar-refractivity contribution in [3.8, 4) is 0 Å². The molecule has 1 aromatic carbocycles. The van der Waals surface area contributed by atoms with Crippen LogP contribution in [0, 0.1) is 0 Å². The van der Waals surface area contributed by atoms with Gasteiger partial charge < -0.3 is 4.57 Å². The van der Waals surface area contributed by atoms with Crippen molar-refractivity contribution in [3.05, 3.63) is 30.6 Å². The van der Waals surface area contributed by atoms with Gasteiger partial charge in [-0.25, -0.2) is 4.98 Å². The van der Waals surface area contributed by atoms with Crippen molar-refractivity contribution in [3.63, 3.8) is 0 Å². The van der Waals surface area contributed by atoms with Gasteiger partial charge in [-0.3, -0.25) is 4.79 Å². The Labute approximate surface area is 127 Å². The number of ketones is 1. The lowest BCUT2D eigenvalue weighted by Gasteiger charge is -2.04. The molecule has 114 valence electrons. The molecule has 3 nitrogen and oxygen atoms in total. The summed E-state index contributed by atoms with van der Waals surface area (Å²) in [4.78, 5) is 16.4. The third kappa shape index (κ3) is 5.00. The highest BCUT2D eigenvalue weighted by atomic mass is 16.1. The zero-order valence-corrected chi connectivity index (χ0v) is 13.1. The lowest BCUT2D eigenvalue weighted by atomic mass is 10.1. The molecular weight excluding hydrogens is 260 g/mol. The number of aromatic nitrogens is 2. The van der Waals surface area contributed by atoms with Gasteiger partial charge in [0.1, 0.15) is 0 Å². The maximum absolute atomic E-state index is 12.0. The number of Topliss-reactive ketones (excluding diaryl/α,β-unsaturated/α-hetero) is 1. The van der Waals surface area contributed by atoms with Gasteiger partial charge in [-0.15, -0.1) is 0 Å². The van der Waals surface area contributed by atoms with Crippen LogP contribution in [0.2, 0.25) is 0 Å². The highest BCUT2D eigenvalue weighted by molar-refractivity contribution is 5.81. The first-order chi connectivity index (χ1) is 10.3. The Kier molecular flexibility index (Phi) is 6.45. The molecule has 0 N–H and O–H groups in total. The van der Waals surface area contributed by atoms with E-state index in [-0.39, 0.29) is 0 Å². The van der Waals surface area contributed by atoms with Gasteiger partial charge in [0.25, 0.3) is 0 Å². The lowest BCUT2D eigenvalue weighted by molar-refractivity contribution is -0.119. The molecule has 0 aliphatic rings. The Morgan fingerprint density at radius 2 is 1.76 bits per heavy atom. The van der Waals surface area contributed by atoms with Crippen molar-refractivity contribution in [1.82, 2.24) is 9.55 Å². The molecular formula is C18H26N2O. The van der Waals surface area contributed by atoms with E-state index in [1.165, 1.54) is 38.5 Å². The predicted molar refractivity (Wildman–Crippen MR) is 87.4 cm³/mol. The molecule has 0 saturated heterocycles. The minimum atomic E-state index is 0.312. The third-order valence-corrected chi connectivity index (χ3v) is 3.93. The van der Waals surface area contributed by atoms with Crippen molar-refractivity contribution in [2.24, 2.45) is 0 Å². The van der Waals surface area contributed by atoms with Crippen LogP contribution >= 0.6 is 0 Å². The van der Waals surface area contributed by atoms with Crippen molar-refractivity contribution in [2.45, 2.75) is 64.8 Å². The maximum Gasteiger partial charge on any atom is 0.152 e. The molecule has 1 heterocycles. The van der Waals surface area contributed by atoms with E-state index in [2.05, 4.69) is 11.9 Å². The van der Waals surface area contributed by atoms with Crippen LogP contribution in [0.25, 0.3) is 11.0 Å². The molecule has 0 aliphatic carbocycles. The summed E-state index contributed by atoms with van der Waals surface area (Å²) < 4.78 is 1.96. The molecule has 1 aromatic heterocycles. The summed E-state index contributed by atoms with van der Waals surface area (Å²) in [5, 5.41) is 0. The van der Waals surface area contributed by atoms with E-state index in [4.69, 9.17) is 0 Å². The summed E-state index contributed by atoms with van der Waals surface area (Å²) in [6.07, 6.45) is 11.2. The highest BCUT2D eigenvalue weighted by Crippen LogP contribution is 2.13. The van der Waals surface area contributed by atoms with E-state index in [0.717, 1.165) is 17.5 Å². The second kappa shape index (κ2) is 8.60. The van der Waals surface area contributed by atoms with E-state index < -0.39 is 0 Å². The minimum Gasteiger partial charge on any atom is -0.323 e. The quantitative estimate of drug-likeness (QED) is 0.591. The Bertz CT molecular complexity index is 559. The van der Waals surface area contributed by atoms with Gasteiger partial charge in [0.2, 0.25) is 0 Å². The number of carbonyl (C=O) groups is 1. The van der Waals surface area contributed by atoms with Gasteiger partial charge in [0.15, 0.2) is 5.78 Å². The molecule has 0 amide bonds. The van der Waals surface area contributed by atoms with Crippen molar-refractivity contribution >= 4 is 16.8 Å². The Hall–Kier alpha value is -1.64. The second-order valence-electron chi connectivity index (χ2n) is 5.77. The summed E-state index contributed by atoms with van der Waals surface area (Å²) in [7, 11) is 0. The smallest absolute Gasteiger partial charge is 0.152 e. The first-order valence-electron chi connectivity index (χ1n) is 8.23. The fourth-order valence-electron chi connectivity index (χ4n) is 2.68. The molecule has 0 spiro atoms. The topological polar surface area (TPSA) is 34.9 Å². The van der Waals surface area contributed by atoms with Crippen LogP contribution in [0.4, 0.5) is 0 Å². The Morgan fingerprint density at radius 1 is 1.05 bits per heavy atom. The number of nitrogens with zero attached hydrogens (tertiary/aromatic N) is 2. The van der Waals surface area contributed by atoms with Crippen molar-refractivity contribution in [1.29, 1.82) is 0 Å². The van der Waals surface area contributed by atoms with Gasteiger partial charge >= 0.3 is 0 Å². The first kappa shape index (κ1) is 15.7. The molecule has 2 rings (SSSR count). The molecule has 21 heavy (non-hydrogen) atoms. The summed E-state index contributed by atoms with van der Waals surface area (Å²) in [5.74, 6) is 0.312. The molecule has 0 atom stereocenters. The Balaban J connectivity index is 1.68. The monoisotopic (exact) mass is 286 g/mol. The van der Waals surface area contributed by atoms with Gasteiger partial charge in [-0.05, 0) is 18.6 Å². The highest BCUT2D eigenvalue weighted by Gasteiger charge is 2.06. The summed E-state index contributed by atoms with van der Waals surface area (Å²) >= 11 is 0. The average Bonchev–Trinajstić information content (AvgIpc) is 2.90. The van der Waals surface area contributed by atoms with Crippen LogP contribution in [0.5, 0.6) is 0 Å². The van der Waals surface area contributed by atoms with E-state index in [9.17, 15) is 4.79 Å². The number of fused-ring (bicyclic) bond motifs is 1. The van der Waals surface area contributed by atoms with E-state index in [1.54, 1.807) is 6.33 Å². The van der Waals surface area contributed by atoms with Crippen molar-refractivity contribution in [2.75, 3.05) is 0 Å². The SMILES string of the molecule is CCCCCCCCCC(=O)Cn1cnc2ccccc21. The van der Waals surface area contributed by atoms with Crippen LogP contribution in [0.1, 0.15) is 58.3 Å². The Morgan fingerprint density at radius 3 is 2.57 bits per heavy atom. The summed E-state index contributed by atoms with van der Waals surface area (Å²) in [6, 6.07) is 7.96. The summed E-state index contributed by atoms with van der Waals surface area (Å²) in [6.45, 7) is 2.69. The van der Waals surface area contributed by atoms with E-state index in [1.807, 2.05) is 28.8 Å². The van der Waals surface area contributed by atoms with E-state index >= 15 is 0 Å². The van der Waals surface area contributed by atoms with Crippen LogP contribution in [0.15, 0.2) is 30.6 Å². The van der Waals surface area contributed by atoms with Gasteiger partial charge in [-0.1, -0.05) is 57.6 Å². The molecule has 0 saturated carbocycles. The largest absolute Gasteiger partial charge is 0.323 e. The fraction of sp³-hybridized carbons (Fsp3) is 0.556. The number of hydrogen-bond donors (Lipinski definition) is 0. The molecule has 0 unspecified atom stereocenters. The van der Waals surface area contributed by atoms with Crippen LogP contribution in [0.3, 0.4) is 0 Å². The molecule has 0 bridgehead atoms. The predicted octanol–water partition coefficient (Wildman–Crippen LogP) is 4.75. The zero-order chi connectivity index (χ0) is 14.9. The average molecular weight is 286 g/mol. The first-order valence-corrected chi connectivity index (χ1v) is 8.23. The minimum absolute atomic E-state index is 0.312. The number of imidazole rings is 1. The number of benzene rings is 1. The fourth-order valence-corrected chi connectivity index (χ4v) is 2.68. The number of para-hydroxylation sites is 2. The third-order valence-electron chi connectivity index (χ3n) is 3.93. The zero-order valence-electron chi connectivity index (χ0n) is 13.1. The molecule has 3 heteroatoms.